The number of benzene rings is 1. The molecule has 0 bridgehead atoms. The molecule has 2 amide bonds. The lowest BCUT2D eigenvalue weighted by molar-refractivity contribution is 0.100. The lowest BCUT2D eigenvalue weighted by Crippen LogP contribution is -2.31. The summed E-state index contributed by atoms with van der Waals surface area (Å²) in [5, 5.41) is 3.23. The van der Waals surface area contributed by atoms with Crippen molar-refractivity contribution in [3.05, 3.63) is 45.3 Å². The van der Waals surface area contributed by atoms with Crippen LogP contribution < -0.4 is 11.1 Å². The van der Waals surface area contributed by atoms with E-state index in [-0.39, 0.29) is 10.5 Å². The molecular formula is C21H27N3O4S2. The number of aryl methyl sites for hydroxylation is 2. The maximum Gasteiger partial charge on any atom is 0.256 e. The molecule has 0 radical (unpaired) electrons. The third kappa shape index (κ3) is 4.14. The summed E-state index contributed by atoms with van der Waals surface area (Å²) in [6.45, 7) is 5.94. The van der Waals surface area contributed by atoms with Crippen LogP contribution in [0.15, 0.2) is 23.1 Å². The van der Waals surface area contributed by atoms with Gasteiger partial charge in [-0.1, -0.05) is 19.9 Å². The van der Waals surface area contributed by atoms with Gasteiger partial charge < -0.3 is 11.1 Å². The van der Waals surface area contributed by atoms with E-state index in [1.807, 2.05) is 0 Å². The highest BCUT2D eigenvalue weighted by Gasteiger charge is 2.27. The highest BCUT2D eigenvalue weighted by Crippen LogP contribution is 2.38. The fourth-order valence-electron chi connectivity index (χ4n) is 3.81. The smallest absolute Gasteiger partial charge is 0.256 e. The van der Waals surface area contributed by atoms with E-state index in [0.29, 0.717) is 29.2 Å². The van der Waals surface area contributed by atoms with Crippen molar-refractivity contribution >= 4 is 38.2 Å². The van der Waals surface area contributed by atoms with Gasteiger partial charge in [0, 0.05) is 23.5 Å². The van der Waals surface area contributed by atoms with E-state index in [4.69, 9.17) is 5.73 Å². The van der Waals surface area contributed by atoms with Crippen LogP contribution in [0.3, 0.4) is 0 Å². The van der Waals surface area contributed by atoms with Gasteiger partial charge in [0.25, 0.3) is 11.8 Å². The maximum absolute atomic E-state index is 13.0. The van der Waals surface area contributed by atoms with Gasteiger partial charge in [0.1, 0.15) is 5.00 Å². The van der Waals surface area contributed by atoms with Gasteiger partial charge in [0.2, 0.25) is 10.0 Å². The van der Waals surface area contributed by atoms with Gasteiger partial charge in [0.05, 0.1) is 10.5 Å². The van der Waals surface area contributed by atoms with Crippen LogP contribution in [0.5, 0.6) is 0 Å². The Balaban J connectivity index is 1.96. The zero-order valence-electron chi connectivity index (χ0n) is 17.4. The van der Waals surface area contributed by atoms with Crippen molar-refractivity contribution in [2.24, 2.45) is 5.73 Å². The van der Waals surface area contributed by atoms with Crippen LogP contribution in [-0.4, -0.2) is 37.6 Å². The van der Waals surface area contributed by atoms with Crippen molar-refractivity contribution in [1.82, 2.24) is 4.31 Å². The summed E-state index contributed by atoms with van der Waals surface area (Å²) in [5.41, 5.74) is 7.70. The number of nitrogens with one attached hydrogen (secondary N) is 1. The van der Waals surface area contributed by atoms with Gasteiger partial charge in [-0.15, -0.1) is 11.3 Å². The van der Waals surface area contributed by atoms with E-state index in [1.165, 1.54) is 21.7 Å². The topological polar surface area (TPSA) is 110 Å². The van der Waals surface area contributed by atoms with Crippen LogP contribution in [0, 0.1) is 6.92 Å². The van der Waals surface area contributed by atoms with E-state index in [1.54, 1.807) is 32.9 Å². The number of thiophene rings is 1. The monoisotopic (exact) mass is 449 g/mol. The lowest BCUT2D eigenvalue weighted by Gasteiger charge is -2.20. The second-order valence-electron chi connectivity index (χ2n) is 7.30. The number of rotatable bonds is 7. The summed E-state index contributed by atoms with van der Waals surface area (Å²) in [4.78, 5) is 26.2. The van der Waals surface area contributed by atoms with Gasteiger partial charge in [-0.25, -0.2) is 8.42 Å². The average molecular weight is 450 g/mol. The molecular weight excluding hydrogens is 422 g/mol. The van der Waals surface area contributed by atoms with Crippen LogP contribution >= 0.6 is 11.3 Å². The van der Waals surface area contributed by atoms with Gasteiger partial charge in [-0.2, -0.15) is 4.31 Å². The van der Waals surface area contributed by atoms with Crippen molar-refractivity contribution in [3.63, 3.8) is 0 Å². The zero-order chi connectivity index (χ0) is 22.1. The Morgan fingerprint density at radius 3 is 2.47 bits per heavy atom. The van der Waals surface area contributed by atoms with Crippen molar-refractivity contribution in [1.29, 1.82) is 0 Å². The number of amides is 2. The summed E-state index contributed by atoms with van der Waals surface area (Å²) in [5.74, 6) is -1.02. The zero-order valence-corrected chi connectivity index (χ0v) is 19.1. The largest absolute Gasteiger partial charge is 0.365 e. The first-order valence-corrected chi connectivity index (χ1v) is 12.3. The molecule has 162 valence electrons. The SMILES string of the molecule is CCN(CC)S(=O)(=O)c1cc(C(=O)Nc2sc3c(c2C(N)=O)CCCC3)ccc1C. The van der Waals surface area contributed by atoms with Crippen LogP contribution in [0.1, 0.15) is 63.4 Å². The van der Waals surface area contributed by atoms with Crippen LogP contribution in [0.2, 0.25) is 0 Å². The predicted molar refractivity (Wildman–Crippen MR) is 119 cm³/mol. The van der Waals surface area contributed by atoms with Gasteiger partial charge in [-0.3, -0.25) is 9.59 Å². The molecule has 30 heavy (non-hydrogen) atoms. The van der Waals surface area contributed by atoms with E-state index in [2.05, 4.69) is 5.32 Å². The number of carbonyl (C=O) groups excluding carboxylic acids is 2. The molecule has 1 aliphatic rings. The van der Waals surface area contributed by atoms with Crippen molar-refractivity contribution in [2.45, 2.75) is 51.3 Å². The second-order valence-corrected chi connectivity index (χ2v) is 10.3. The number of nitrogens with two attached hydrogens (primary N) is 1. The lowest BCUT2D eigenvalue weighted by atomic mass is 9.95. The maximum atomic E-state index is 13.0. The quantitative estimate of drug-likeness (QED) is 0.676. The minimum absolute atomic E-state index is 0.111. The second kappa shape index (κ2) is 8.87. The Morgan fingerprint density at radius 1 is 1.17 bits per heavy atom. The Morgan fingerprint density at radius 2 is 1.83 bits per heavy atom. The Hall–Kier alpha value is -2.23. The molecule has 0 unspecified atom stereocenters. The number of fused-ring (bicyclic) bond motifs is 1. The first kappa shape index (κ1) is 22.5. The number of hydrogen-bond donors (Lipinski definition) is 2. The molecule has 0 saturated carbocycles. The molecule has 0 spiro atoms. The van der Waals surface area contributed by atoms with Crippen LogP contribution in [0.25, 0.3) is 0 Å². The molecule has 7 nitrogen and oxygen atoms in total. The Bertz CT molecular complexity index is 1090. The number of carbonyl (C=O) groups is 2. The fourth-order valence-corrected chi connectivity index (χ4v) is 6.81. The van der Waals surface area contributed by atoms with Crippen LogP contribution in [-0.2, 0) is 22.9 Å². The summed E-state index contributed by atoms with van der Waals surface area (Å²) in [7, 11) is -3.70. The number of sulfonamides is 1. The van der Waals surface area contributed by atoms with Gasteiger partial charge >= 0.3 is 0 Å². The molecule has 2 aromatic rings. The number of hydrogen-bond acceptors (Lipinski definition) is 5. The standard InChI is InChI=1S/C21H27N3O4S2/c1-4-24(5-2)30(27,28)17-12-14(11-10-13(17)3)20(26)23-21-18(19(22)25)15-8-6-7-9-16(15)29-21/h10-12H,4-9H2,1-3H3,(H2,22,25)(H,23,26). The molecule has 9 heteroatoms. The normalized spacial score (nSPS) is 13.9. The van der Waals surface area contributed by atoms with Crippen molar-refractivity contribution < 1.29 is 18.0 Å². The Kier molecular flexibility index (Phi) is 6.64. The van der Waals surface area contributed by atoms with E-state index < -0.39 is 21.8 Å². The van der Waals surface area contributed by atoms with E-state index in [0.717, 1.165) is 36.1 Å². The molecule has 3 rings (SSSR count). The summed E-state index contributed by atoms with van der Waals surface area (Å²) in [6.07, 6.45) is 3.68. The average Bonchev–Trinajstić information content (AvgIpc) is 3.06. The third-order valence-corrected chi connectivity index (χ3v) is 8.82. The van der Waals surface area contributed by atoms with E-state index >= 15 is 0 Å². The third-order valence-electron chi connectivity index (χ3n) is 5.42. The van der Waals surface area contributed by atoms with Crippen molar-refractivity contribution in [2.75, 3.05) is 18.4 Å². The number of nitrogens with zero attached hydrogens (tertiary/aromatic N) is 1. The molecule has 1 aromatic heterocycles. The van der Waals surface area contributed by atoms with Crippen molar-refractivity contribution in [3.8, 4) is 0 Å². The molecule has 0 saturated heterocycles. The highest BCUT2D eigenvalue weighted by molar-refractivity contribution is 7.89. The highest BCUT2D eigenvalue weighted by atomic mass is 32.2. The molecule has 3 N–H and O–H groups in total. The number of anilines is 1. The Labute approximate surface area is 181 Å². The summed E-state index contributed by atoms with van der Waals surface area (Å²) in [6, 6.07) is 4.61. The van der Waals surface area contributed by atoms with Gasteiger partial charge in [-0.05, 0) is 55.9 Å². The minimum Gasteiger partial charge on any atom is -0.365 e. The summed E-state index contributed by atoms with van der Waals surface area (Å²) < 4.78 is 27.3. The predicted octanol–water partition coefficient (Wildman–Crippen LogP) is 3.32. The first-order chi connectivity index (χ1) is 14.2. The number of primary amides is 1. The molecule has 1 heterocycles. The molecule has 0 fully saturated rings. The molecule has 0 atom stereocenters. The van der Waals surface area contributed by atoms with E-state index in [9.17, 15) is 18.0 Å². The fraction of sp³-hybridized carbons (Fsp3) is 0.429. The molecule has 1 aliphatic carbocycles. The van der Waals surface area contributed by atoms with Crippen LogP contribution in [0.4, 0.5) is 5.00 Å². The first-order valence-electron chi connectivity index (χ1n) is 10.1. The minimum atomic E-state index is -3.70. The van der Waals surface area contributed by atoms with Gasteiger partial charge in [0.15, 0.2) is 0 Å². The molecule has 0 aliphatic heterocycles. The summed E-state index contributed by atoms with van der Waals surface area (Å²) >= 11 is 1.38. The molecule has 1 aromatic carbocycles.